The standard InChI is InChI=1S/C21H18ClN3O4S/c1-2-7-25-20(28)14-5-4-13(22)9-15(14)24-21(25)30-11-17(26)12-3-6-18-16(8-12)23-19(27)10-29-18/h3-6,8-9H,2,7,10-11H2,1H3,(H,23,27). The van der Waals surface area contributed by atoms with Crippen LogP contribution in [0.5, 0.6) is 5.75 Å². The molecule has 2 heterocycles. The number of hydrogen-bond acceptors (Lipinski definition) is 6. The van der Waals surface area contributed by atoms with Gasteiger partial charge in [0.25, 0.3) is 11.5 Å². The molecule has 4 rings (SSSR count). The molecule has 1 aromatic heterocycles. The lowest BCUT2D eigenvalue weighted by Crippen LogP contribution is -2.25. The Morgan fingerprint density at radius 2 is 2.10 bits per heavy atom. The maximum Gasteiger partial charge on any atom is 0.262 e. The maximum atomic E-state index is 12.9. The molecule has 0 atom stereocenters. The number of halogens is 1. The fraction of sp³-hybridized carbons (Fsp3) is 0.238. The summed E-state index contributed by atoms with van der Waals surface area (Å²) in [6.45, 7) is 2.44. The summed E-state index contributed by atoms with van der Waals surface area (Å²) in [6.07, 6.45) is 0.757. The van der Waals surface area contributed by atoms with E-state index in [9.17, 15) is 14.4 Å². The summed E-state index contributed by atoms with van der Waals surface area (Å²) in [4.78, 5) is 41.7. The number of ketones is 1. The minimum absolute atomic E-state index is 0.0389. The van der Waals surface area contributed by atoms with E-state index in [1.54, 1.807) is 41.0 Å². The Labute approximate surface area is 181 Å². The van der Waals surface area contributed by atoms with Crippen LogP contribution < -0.4 is 15.6 Å². The molecule has 1 amide bonds. The summed E-state index contributed by atoms with van der Waals surface area (Å²) in [6, 6.07) is 9.90. The lowest BCUT2D eigenvalue weighted by atomic mass is 10.1. The molecule has 154 valence electrons. The maximum absolute atomic E-state index is 12.9. The zero-order valence-electron chi connectivity index (χ0n) is 16.1. The number of fused-ring (bicyclic) bond motifs is 2. The highest BCUT2D eigenvalue weighted by Gasteiger charge is 2.19. The predicted octanol–water partition coefficient (Wildman–Crippen LogP) is 3.77. The van der Waals surface area contributed by atoms with Crippen molar-refractivity contribution in [1.82, 2.24) is 9.55 Å². The van der Waals surface area contributed by atoms with Crippen molar-refractivity contribution < 1.29 is 14.3 Å². The first kappa shape index (κ1) is 20.4. The summed E-state index contributed by atoms with van der Waals surface area (Å²) in [7, 11) is 0. The molecule has 0 saturated carbocycles. The molecule has 3 aromatic rings. The SMILES string of the molecule is CCCn1c(SCC(=O)c2ccc3c(c2)NC(=O)CO3)nc2cc(Cl)ccc2c1=O. The van der Waals surface area contributed by atoms with Crippen LogP contribution in [0.25, 0.3) is 10.9 Å². The van der Waals surface area contributed by atoms with E-state index >= 15 is 0 Å². The smallest absolute Gasteiger partial charge is 0.262 e. The number of nitrogens with one attached hydrogen (secondary N) is 1. The third-order valence-corrected chi connectivity index (χ3v) is 5.81. The molecule has 1 aliphatic rings. The summed E-state index contributed by atoms with van der Waals surface area (Å²) >= 11 is 7.25. The quantitative estimate of drug-likeness (QED) is 0.354. The Kier molecular flexibility index (Phi) is 5.78. The van der Waals surface area contributed by atoms with Crippen LogP contribution in [-0.2, 0) is 11.3 Å². The van der Waals surface area contributed by atoms with Crippen molar-refractivity contribution in [3.8, 4) is 5.75 Å². The van der Waals surface area contributed by atoms with Crippen LogP contribution in [0.2, 0.25) is 5.02 Å². The second kappa shape index (κ2) is 8.49. The molecule has 1 N–H and O–H groups in total. The molecule has 0 radical (unpaired) electrons. The van der Waals surface area contributed by atoms with Gasteiger partial charge < -0.3 is 10.1 Å². The van der Waals surface area contributed by atoms with E-state index in [0.717, 1.165) is 6.42 Å². The Morgan fingerprint density at radius 3 is 2.90 bits per heavy atom. The van der Waals surface area contributed by atoms with Crippen molar-refractivity contribution in [3.05, 3.63) is 57.3 Å². The van der Waals surface area contributed by atoms with Gasteiger partial charge in [-0.3, -0.25) is 19.0 Å². The van der Waals surface area contributed by atoms with E-state index in [-0.39, 0.29) is 29.6 Å². The number of nitrogens with zero attached hydrogens (tertiary/aromatic N) is 2. The van der Waals surface area contributed by atoms with E-state index < -0.39 is 0 Å². The van der Waals surface area contributed by atoms with Gasteiger partial charge in [-0.15, -0.1) is 0 Å². The number of aromatic nitrogens is 2. The number of hydrogen-bond donors (Lipinski definition) is 1. The van der Waals surface area contributed by atoms with Gasteiger partial charge in [0, 0.05) is 17.1 Å². The Morgan fingerprint density at radius 1 is 1.27 bits per heavy atom. The molecule has 1 aliphatic heterocycles. The molecule has 7 nitrogen and oxygen atoms in total. The number of thioether (sulfide) groups is 1. The monoisotopic (exact) mass is 443 g/mol. The van der Waals surface area contributed by atoms with Gasteiger partial charge in [-0.25, -0.2) is 4.98 Å². The van der Waals surface area contributed by atoms with Crippen LogP contribution in [0.4, 0.5) is 5.69 Å². The van der Waals surface area contributed by atoms with Gasteiger partial charge in [-0.05, 0) is 42.8 Å². The summed E-state index contributed by atoms with van der Waals surface area (Å²) in [5.41, 5.74) is 1.27. The van der Waals surface area contributed by atoms with Crippen LogP contribution in [0.3, 0.4) is 0 Å². The van der Waals surface area contributed by atoms with Crippen molar-refractivity contribution in [2.24, 2.45) is 0 Å². The predicted molar refractivity (Wildman–Crippen MR) is 117 cm³/mol. The Hall–Kier alpha value is -2.84. The van der Waals surface area contributed by atoms with E-state index in [4.69, 9.17) is 16.3 Å². The van der Waals surface area contributed by atoms with E-state index in [2.05, 4.69) is 10.3 Å². The Bertz CT molecular complexity index is 1220. The second-order valence-corrected chi connectivity index (χ2v) is 8.15. The number of anilines is 1. The van der Waals surface area contributed by atoms with Gasteiger partial charge in [0.15, 0.2) is 17.5 Å². The average Bonchev–Trinajstić information content (AvgIpc) is 2.73. The molecule has 0 aliphatic carbocycles. The van der Waals surface area contributed by atoms with Crippen LogP contribution >= 0.6 is 23.4 Å². The lowest BCUT2D eigenvalue weighted by Gasteiger charge is -2.18. The fourth-order valence-electron chi connectivity index (χ4n) is 3.17. The van der Waals surface area contributed by atoms with Gasteiger partial charge in [-0.1, -0.05) is 30.3 Å². The highest BCUT2D eigenvalue weighted by molar-refractivity contribution is 7.99. The van der Waals surface area contributed by atoms with Crippen molar-refractivity contribution in [1.29, 1.82) is 0 Å². The van der Waals surface area contributed by atoms with E-state index in [0.29, 0.717) is 44.6 Å². The normalized spacial score (nSPS) is 12.9. The highest BCUT2D eigenvalue weighted by Crippen LogP contribution is 2.29. The van der Waals surface area contributed by atoms with E-state index in [1.807, 2.05) is 6.92 Å². The van der Waals surface area contributed by atoms with Gasteiger partial charge in [0.2, 0.25) is 0 Å². The third kappa shape index (κ3) is 4.06. The van der Waals surface area contributed by atoms with Crippen LogP contribution in [0, 0.1) is 0 Å². The zero-order chi connectivity index (χ0) is 21.3. The number of amides is 1. The molecule has 0 spiro atoms. The number of benzene rings is 2. The van der Waals surface area contributed by atoms with Gasteiger partial charge in [-0.2, -0.15) is 0 Å². The summed E-state index contributed by atoms with van der Waals surface area (Å²) in [5, 5.41) is 4.15. The van der Waals surface area contributed by atoms with Gasteiger partial charge in [0.1, 0.15) is 5.75 Å². The molecule has 0 bridgehead atoms. The van der Waals surface area contributed by atoms with Crippen LogP contribution in [0.1, 0.15) is 23.7 Å². The molecule has 0 fully saturated rings. The molecular formula is C21H18ClN3O4S. The number of ether oxygens (including phenoxy) is 1. The van der Waals surface area contributed by atoms with Crippen molar-refractivity contribution in [2.45, 2.75) is 25.0 Å². The largest absolute Gasteiger partial charge is 0.482 e. The molecule has 0 saturated heterocycles. The minimum Gasteiger partial charge on any atom is -0.482 e. The number of carbonyl (C=O) groups is 2. The van der Waals surface area contributed by atoms with E-state index in [1.165, 1.54) is 11.8 Å². The average molecular weight is 444 g/mol. The number of Topliss-reactive ketones (excluding diaryl/α,β-unsaturated/α-hetero) is 1. The van der Waals surface area contributed by atoms with Crippen molar-refractivity contribution in [3.63, 3.8) is 0 Å². The third-order valence-electron chi connectivity index (χ3n) is 4.60. The van der Waals surface area contributed by atoms with Gasteiger partial charge >= 0.3 is 0 Å². The molecule has 30 heavy (non-hydrogen) atoms. The molecular weight excluding hydrogens is 426 g/mol. The van der Waals surface area contributed by atoms with Crippen molar-refractivity contribution >= 4 is 51.6 Å². The molecule has 9 heteroatoms. The first-order chi connectivity index (χ1) is 14.5. The second-order valence-electron chi connectivity index (χ2n) is 6.77. The van der Waals surface area contributed by atoms with Crippen LogP contribution in [0.15, 0.2) is 46.3 Å². The first-order valence-electron chi connectivity index (χ1n) is 9.39. The highest BCUT2D eigenvalue weighted by atomic mass is 35.5. The van der Waals surface area contributed by atoms with Gasteiger partial charge in [0.05, 0.1) is 22.3 Å². The number of rotatable bonds is 6. The minimum atomic E-state index is -0.260. The molecule has 2 aromatic carbocycles. The van der Waals surface area contributed by atoms with Crippen molar-refractivity contribution in [2.75, 3.05) is 17.7 Å². The summed E-state index contributed by atoms with van der Waals surface area (Å²) < 4.78 is 6.91. The fourth-order valence-corrected chi connectivity index (χ4v) is 4.26. The topological polar surface area (TPSA) is 90.3 Å². The lowest BCUT2D eigenvalue weighted by molar-refractivity contribution is -0.118. The first-order valence-corrected chi connectivity index (χ1v) is 10.8. The summed E-state index contributed by atoms with van der Waals surface area (Å²) in [5.74, 6) is 0.217. The zero-order valence-corrected chi connectivity index (χ0v) is 17.7. The Balaban J connectivity index is 1.60. The van der Waals surface area contributed by atoms with Crippen LogP contribution in [-0.4, -0.2) is 33.6 Å². The number of carbonyl (C=O) groups excluding carboxylic acids is 2. The molecule has 0 unspecified atom stereocenters.